The molecule has 0 aromatic carbocycles. The van der Waals surface area contributed by atoms with Gasteiger partial charge in [0.1, 0.15) is 5.15 Å². The molecule has 0 fully saturated rings. The van der Waals surface area contributed by atoms with Crippen LogP contribution in [0.15, 0.2) is 18.3 Å². The molecule has 0 amide bonds. The number of nitrogens with zero attached hydrogens (tertiary/aromatic N) is 1. The molecular formula is C10H14ClNOS. The van der Waals surface area contributed by atoms with E-state index in [1.54, 1.807) is 24.0 Å². The van der Waals surface area contributed by atoms with Crippen LogP contribution in [0, 0.1) is 5.92 Å². The Hall–Kier alpha value is -0.250. The van der Waals surface area contributed by atoms with Crippen molar-refractivity contribution in [1.29, 1.82) is 0 Å². The van der Waals surface area contributed by atoms with Crippen LogP contribution in [0.5, 0.6) is 0 Å². The quantitative estimate of drug-likeness (QED) is 0.791. The Balaban J connectivity index is 2.28. The highest BCUT2D eigenvalue weighted by Crippen LogP contribution is 2.15. The third-order valence-electron chi connectivity index (χ3n) is 1.77. The maximum atomic E-state index is 8.83. The molecule has 1 aromatic rings. The Labute approximate surface area is 93.7 Å². The number of rotatable bonds is 5. The molecule has 1 rings (SSSR count). The summed E-state index contributed by atoms with van der Waals surface area (Å²) in [5.74, 6) is 2.26. The van der Waals surface area contributed by atoms with Crippen LogP contribution in [0.2, 0.25) is 5.15 Å². The van der Waals surface area contributed by atoms with E-state index >= 15 is 0 Å². The molecule has 0 aliphatic carbocycles. The molecule has 1 unspecified atom stereocenters. The van der Waals surface area contributed by atoms with Gasteiger partial charge in [0.2, 0.25) is 0 Å². The van der Waals surface area contributed by atoms with E-state index in [1.807, 2.05) is 13.0 Å². The molecule has 0 bridgehead atoms. The highest BCUT2D eigenvalue weighted by atomic mass is 35.5. The van der Waals surface area contributed by atoms with Gasteiger partial charge in [0.05, 0.1) is 0 Å². The minimum atomic E-state index is 0.256. The Morgan fingerprint density at radius 1 is 1.57 bits per heavy atom. The Bertz CT molecular complexity index is 265. The molecule has 0 aliphatic rings. The molecule has 1 heterocycles. The zero-order chi connectivity index (χ0) is 10.4. The van der Waals surface area contributed by atoms with Crippen LogP contribution in [0.1, 0.15) is 12.5 Å². The topological polar surface area (TPSA) is 33.1 Å². The lowest BCUT2D eigenvalue weighted by atomic mass is 10.2. The van der Waals surface area contributed by atoms with Gasteiger partial charge < -0.3 is 5.11 Å². The lowest BCUT2D eigenvalue weighted by molar-refractivity contribution is 0.250. The van der Waals surface area contributed by atoms with E-state index in [-0.39, 0.29) is 6.61 Å². The summed E-state index contributed by atoms with van der Waals surface area (Å²) in [5.41, 5.74) is 1.17. The first-order chi connectivity index (χ1) is 6.72. The standard InChI is InChI=1S/C10H14ClNOS/c1-8(5-13)6-14-7-9-2-3-10(11)12-4-9/h2-4,8,13H,5-7H2,1H3. The van der Waals surface area contributed by atoms with Gasteiger partial charge in [0.25, 0.3) is 0 Å². The van der Waals surface area contributed by atoms with E-state index < -0.39 is 0 Å². The van der Waals surface area contributed by atoms with Gasteiger partial charge >= 0.3 is 0 Å². The second kappa shape index (κ2) is 6.27. The van der Waals surface area contributed by atoms with Crippen molar-refractivity contribution < 1.29 is 5.11 Å². The molecule has 14 heavy (non-hydrogen) atoms. The number of hydrogen-bond acceptors (Lipinski definition) is 3. The van der Waals surface area contributed by atoms with Gasteiger partial charge in [-0.1, -0.05) is 24.6 Å². The summed E-state index contributed by atoms with van der Waals surface area (Å²) in [7, 11) is 0. The van der Waals surface area contributed by atoms with E-state index in [4.69, 9.17) is 16.7 Å². The monoisotopic (exact) mass is 231 g/mol. The highest BCUT2D eigenvalue weighted by Gasteiger charge is 2.00. The summed E-state index contributed by atoms with van der Waals surface area (Å²) >= 11 is 7.47. The van der Waals surface area contributed by atoms with E-state index in [9.17, 15) is 0 Å². The maximum absolute atomic E-state index is 8.83. The van der Waals surface area contributed by atoms with Crippen LogP contribution in [-0.2, 0) is 5.75 Å². The van der Waals surface area contributed by atoms with Gasteiger partial charge in [0, 0.05) is 18.6 Å². The lowest BCUT2D eigenvalue weighted by Crippen LogP contribution is -2.03. The molecule has 0 spiro atoms. The van der Waals surface area contributed by atoms with Gasteiger partial charge in [-0.2, -0.15) is 11.8 Å². The van der Waals surface area contributed by atoms with Crippen LogP contribution in [-0.4, -0.2) is 22.5 Å². The first kappa shape index (κ1) is 11.8. The highest BCUT2D eigenvalue weighted by molar-refractivity contribution is 7.98. The van der Waals surface area contributed by atoms with Crippen LogP contribution < -0.4 is 0 Å². The second-order valence-electron chi connectivity index (χ2n) is 3.29. The molecule has 0 saturated carbocycles. The zero-order valence-corrected chi connectivity index (χ0v) is 9.68. The Kier molecular flexibility index (Phi) is 5.30. The van der Waals surface area contributed by atoms with Crippen molar-refractivity contribution in [2.45, 2.75) is 12.7 Å². The molecular weight excluding hydrogens is 218 g/mol. The molecule has 1 N–H and O–H groups in total. The van der Waals surface area contributed by atoms with Crippen molar-refractivity contribution in [2.75, 3.05) is 12.4 Å². The molecule has 0 saturated heterocycles. The van der Waals surface area contributed by atoms with Crippen molar-refractivity contribution in [2.24, 2.45) is 5.92 Å². The van der Waals surface area contributed by atoms with Gasteiger partial charge in [-0.25, -0.2) is 4.98 Å². The molecule has 1 atom stereocenters. The third kappa shape index (κ3) is 4.31. The number of halogens is 1. The minimum absolute atomic E-state index is 0.256. The fraction of sp³-hybridized carbons (Fsp3) is 0.500. The summed E-state index contributed by atoms with van der Waals surface area (Å²) in [5, 5.41) is 9.36. The summed E-state index contributed by atoms with van der Waals surface area (Å²) in [6, 6.07) is 3.78. The number of aliphatic hydroxyl groups excluding tert-OH is 1. The SMILES string of the molecule is CC(CO)CSCc1ccc(Cl)nc1. The molecule has 0 aliphatic heterocycles. The van der Waals surface area contributed by atoms with Crippen molar-refractivity contribution in [3.05, 3.63) is 29.0 Å². The maximum Gasteiger partial charge on any atom is 0.129 e. The van der Waals surface area contributed by atoms with Gasteiger partial charge in [-0.3, -0.25) is 0 Å². The summed E-state index contributed by atoms with van der Waals surface area (Å²) in [6.45, 7) is 2.29. The summed E-state index contributed by atoms with van der Waals surface area (Å²) in [6.07, 6.45) is 1.79. The number of aromatic nitrogens is 1. The average molecular weight is 232 g/mol. The molecule has 1 aromatic heterocycles. The minimum Gasteiger partial charge on any atom is -0.396 e. The normalized spacial score (nSPS) is 12.8. The largest absolute Gasteiger partial charge is 0.396 e. The van der Waals surface area contributed by atoms with E-state index in [2.05, 4.69) is 4.98 Å². The van der Waals surface area contributed by atoms with E-state index in [0.717, 1.165) is 11.5 Å². The fourth-order valence-corrected chi connectivity index (χ4v) is 2.07. The number of thioether (sulfide) groups is 1. The second-order valence-corrected chi connectivity index (χ2v) is 4.71. The van der Waals surface area contributed by atoms with Gasteiger partial charge in [-0.05, 0) is 23.3 Å². The summed E-state index contributed by atoms with van der Waals surface area (Å²) < 4.78 is 0. The molecule has 0 radical (unpaired) electrons. The van der Waals surface area contributed by atoms with Crippen LogP contribution in [0.4, 0.5) is 0 Å². The van der Waals surface area contributed by atoms with Crippen LogP contribution >= 0.6 is 23.4 Å². The van der Waals surface area contributed by atoms with E-state index in [1.165, 1.54) is 5.56 Å². The first-order valence-electron chi connectivity index (χ1n) is 4.51. The predicted octanol–water partition coefficient (Wildman–Crippen LogP) is 2.60. The van der Waals surface area contributed by atoms with Crippen molar-refractivity contribution >= 4 is 23.4 Å². The van der Waals surface area contributed by atoms with Gasteiger partial charge in [0.15, 0.2) is 0 Å². The number of pyridine rings is 1. The number of aliphatic hydroxyl groups is 1. The molecule has 78 valence electrons. The molecule has 2 nitrogen and oxygen atoms in total. The zero-order valence-electron chi connectivity index (χ0n) is 8.11. The first-order valence-corrected chi connectivity index (χ1v) is 6.04. The smallest absolute Gasteiger partial charge is 0.129 e. The van der Waals surface area contributed by atoms with Crippen molar-refractivity contribution in [1.82, 2.24) is 4.98 Å². The van der Waals surface area contributed by atoms with Crippen LogP contribution in [0.25, 0.3) is 0 Å². The average Bonchev–Trinajstić information content (AvgIpc) is 2.21. The lowest BCUT2D eigenvalue weighted by Gasteiger charge is -2.06. The summed E-state index contributed by atoms with van der Waals surface area (Å²) in [4.78, 5) is 4.00. The van der Waals surface area contributed by atoms with E-state index in [0.29, 0.717) is 11.1 Å². The Morgan fingerprint density at radius 3 is 2.93 bits per heavy atom. The molecule has 4 heteroatoms. The number of hydrogen-bond donors (Lipinski definition) is 1. The predicted molar refractivity (Wildman–Crippen MR) is 61.7 cm³/mol. The van der Waals surface area contributed by atoms with Gasteiger partial charge in [-0.15, -0.1) is 0 Å². The fourth-order valence-electron chi connectivity index (χ4n) is 0.922. The van der Waals surface area contributed by atoms with Crippen LogP contribution in [0.3, 0.4) is 0 Å². The van der Waals surface area contributed by atoms with Crippen molar-refractivity contribution in [3.8, 4) is 0 Å². The third-order valence-corrected chi connectivity index (χ3v) is 3.34. The van der Waals surface area contributed by atoms with Crippen molar-refractivity contribution in [3.63, 3.8) is 0 Å². The Morgan fingerprint density at radius 2 is 2.36 bits per heavy atom.